The molecule has 17 heavy (non-hydrogen) atoms. The monoisotopic (exact) mass is 294 g/mol. The maximum Gasteiger partial charge on any atom is 0.330 e. The van der Waals surface area contributed by atoms with Crippen LogP contribution in [0.4, 0.5) is 0 Å². The van der Waals surface area contributed by atoms with Crippen LogP contribution in [0.15, 0.2) is 47.0 Å². The molecule has 3 heteroatoms. The molecule has 0 N–H and O–H groups in total. The summed E-state index contributed by atoms with van der Waals surface area (Å²) in [5.41, 5.74) is 2.03. The van der Waals surface area contributed by atoms with Crippen LogP contribution in [0.2, 0.25) is 0 Å². The maximum absolute atomic E-state index is 11.3. The van der Waals surface area contributed by atoms with Crippen LogP contribution in [-0.2, 0) is 9.53 Å². The number of benzene rings is 1. The fourth-order valence-corrected chi connectivity index (χ4v) is 1.73. The highest BCUT2D eigenvalue weighted by molar-refractivity contribution is 9.11. The van der Waals surface area contributed by atoms with Crippen LogP contribution in [0.5, 0.6) is 0 Å². The van der Waals surface area contributed by atoms with Gasteiger partial charge in [-0.15, -0.1) is 0 Å². The average molecular weight is 295 g/mol. The molecule has 0 fully saturated rings. The Morgan fingerprint density at radius 1 is 1.29 bits per heavy atom. The van der Waals surface area contributed by atoms with Crippen LogP contribution in [0.25, 0.3) is 5.57 Å². The van der Waals surface area contributed by atoms with E-state index in [0.717, 1.165) is 15.6 Å². The number of esters is 1. The third-order valence-electron chi connectivity index (χ3n) is 2.13. The van der Waals surface area contributed by atoms with Crippen molar-refractivity contribution in [2.75, 3.05) is 6.61 Å². The normalized spacial score (nSPS) is 12.4. The van der Waals surface area contributed by atoms with Crippen LogP contribution >= 0.6 is 15.9 Å². The topological polar surface area (TPSA) is 26.3 Å². The van der Waals surface area contributed by atoms with Crippen molar-refractivity contribution in [3.8, 4) is 0 Å². The van der Waals surface area contributed by atoms with Crippen molar-refractivity contribution in [3.05, 3.63) is 52.5 Å². The first-order chi connectivity index (χ1) is 8.15. The highest BCUT2D eigenvalue weighted by Gasteiger charge is 2.01. The lowest BCUT2D eigenvalue weighted by Gasteiger charge is -2.04. The van der Waals surface area contributed by atoms with E-state index in [0.29, 0.717) is 6.61 Å². The molecule has 0 bridgehead atoms. The molecule has 0 aliphatic rings. The van der Waals surface area contributed by atoms with Gasteiger partial charge in [-0.25, -0.2) is 4.79 Å². The van der Waals surface area contributed by atoms with Crippen molar-refractivity contribution in [2.24, 2.45) is 0 Å². The number of rotatable bonds is 4. The number of carbonyl (C=O) groups is 1. The molecule has 1 aromatic carbocycles. The quantitative estimate of drug-likeness (QED) is 0.478. The minimum atomic E-state index is -0.324. The molecule has 0 spiro atoms. The molecule has 0 atom stereocenters. The average Bonchev–Trinajstić information content (AvgIpc) is 2.30. The molecule has 90 valence electrons. The number of carbonyl (C=O) groups excluding carboxylic acids is 1. The van der Waals surface area contributed by atoms with Crippen LogP contribution in [0.3, 0.4) is 0 Å². The summed E-state index contributed by atoms with van der Waals surface area (Å²) in [5, 5.41) is 0. The van der Waals surface area contributed by atoms with Crippen molar-refractivity contribution in [2.45, 2.75) is 13.8 Å². The fraction of sp³-hybridized carbons (Fsp3) is 0.214. The SMILES string of the molecule is CCOC(=O)/C=C/C(=C(\C)Br)c1ccccc1. The van der Waals surface area contributed by atoms with E-state index < -0.39 is 0 Å². The molecule has 0 radical (unpaired) electrons. The van der Waals surface area contributed by atoms with E-state index in [4.69, 9.17) is 4.74 Å². The lowest BCUT2D eigenvalue weighted by molar-refractivity contribution is -0.137. The van der Waals surface area contributed by atoms with E-state index in [1.165, 1.54) is 6.08 Å². The van der Waals surface area contributed by atoms with Gasteiger partial charge in [0, 0.05) is 6.08 Å². The Morgan fingerprint density at radius 3 is 2.47 bits per heavy atom. The van der Waals surface area contributed by atoms with Gasteiger partial charge in [0.25, 0.3) is 0 Å². The van der Waals surface area contributed by atoms with Crippen molar-refractivity contribution >= 4 is 27.5 Å². The maximum atomic E-state index is 11.3. The van der Waals surface area contributed by atoms with Crippen molar-refractivity contribution < 1.29 is 9.53 Å². The molecule has 0 heterocycles. The molecule has 0 aliphatic heterocycles. The minimum absolute atomic E-state index is 0.324. The zero-order chi connectivity index (χ0) is 12.7. The lowest BCUT2D eigenvalue weighted by Crippen LogP contribution is -1.99. The Labute approximate surface area is 110 Å². The second kappa shape index (κ2) is 7.07. The summed E-state index contributed by atoms with van der Waals surface area (Å²) in [4.78, 5) is 11.3. The van der Waals surface area contributed by atoms with Crippen LogP contribution < -0.4 is 0 Å². The van der Waals surface area contributed by atoms with Gasteiger partial charge in [0.1, 0.15) is 0 Å². The molecule has 0 aliphatic carbocycles. The number of halogens is 1. The molecule has 0 saturated carbocycles. The van der Waals surface area contributed by atoms with E-state index >= 15 is 0 Å². The zero-order valence-corrected chi connectivity index (χ0v) is 11.5. The zero-order valence-electron chi connectivity index (χ0n) is 9.94. The van der Waals surface area contributed by atoms with Crippen molar-refractivity contribution in [3.63, 3.8) is 0 Å². The van der Waals surface area contributed by atoms with E-state index in [1.807, 2.05) is 37.3 Å². The molecule has 1 rings (SSSR count). The third kappa shape index (κ3) is 4.57. The molecule has 0 amide bonds. The van der Waals surface area contributed by atoms with E-state index in [-0.39, 0.29) is 5.97 Å². The molecular formula is C14H15BrO2. The number of hydrogen-bond acceptors (Lipinski definition) is 2. The summed E-state index contributed by atoms with van der Waals surface area (Å²) in [6, 6.07) is 9.87. The van der Waals surface area contributed by atoms with Gasteiger partial charge in [0.2, 0.25) is 0 Å². The van der Waals surface area contributed by atoms with E-state index in [2.05, 4.69) is 15.9 Å². The summed E-state index contributed by atoms with van der Waals surface area (Å²) in [7, 11) is 0. The van der Waals surface area contributed by atoms with Gasteiger partial charge in [-0.2, -0.15) is 0 Å². The predicted octanol–water partition coefficient (Wildman–Crippen LogP) is 3.93. The first-order valence-corrected chi connectivity index (χ1v) is 6.21. The Kier molecular flexibility index (Phi) is 5.70. The van der Waals surface area contributed by atoms with Gasteiger partial charge in [-0.05, 0) is 35.5 Å². The summed E-state index contributed by atoms with van der Waals surface area (Å²) in [6.45, 7) is 4.12. The highest BCUT2D eigenvalue weighted by atomic mass is 79.9. The summed E-state index contributed by atoms with van der Waals surface area (Å²) in [6.07, 6.45) is 3.20. The third-order valence-corrected chi connectivity index (χ3v) is 2.56. The fourth-order valence-electron chi connectivity index (χ4n) is 1.37. The van der Waals surface area contributed by atoms with Crippen LogP contribution in [0, 0.1) is 0 Å². The van der Waals surface area contributed by atoms with E-state index in [1.54, 1.807) is 13.0 Å². The standard InChI is InChI=1S/C14H15BrO2/c1-3-17-14(16)10-9-13(11(2)15)12-7-5-4-6-8-12/h4-10H,3H2,1-2H3/b10-9+,13-11-. The van der Waals surface area contributed by atoms with Crippen LogP contribution in [0.1, 0.15) is 19.4 Å². The molecule has 1 aromatic rings. The molecule has 0 aromatic heterocycles. The molecule has 0 unspecified atom stereocenters. The van der Waals surface area contributed by atoms with E-state index in [9.17, 15) is 4.79 Å². The van der Waals surface area contributed by atoms with Crippen molar-refractivity contribution in [1.29, 1.82) is 0 Å². The second-order valence-corrected chi connectivity index (χ2v) is 4.59. The second-order valence-electron chi connectivity index (χ2n) is 3.40. The smallest absolute Gasteiger partial charge is 0.330 e. The Hall–Kier alpha value is -1.35. The largest absolute Gasteiger partial charge is 0.463 e. The Bertz CT molecular complexity index is 429. The number of ether oxygens (including phenoxy) is 1. The Morgan fingerprint density at radius 2 is 1.94 bits per heavy atom. The van der Waals surface area contributed by atoms with Crippen molar-refractivity contribution in [1.82, 2.24) is 0 Å². The highest BCUT2D eigenvalue weighted by Crippen LogP contribution is 2.23. The number of hydrogen-bond donors (Lipinski definition) is 0. The summed E-state index contributed by atoms with van der Waals surface area (Å²) < 4.78 is 5.82. The van der Waals surface area contributed by atoms with Gasteiger partial charge in [0.15, 0.2) is 0 Å². The van der Waals surface area contributed by atoms with Gasteiger partial charge in [-0.1, -0.05) is 46.3 Å². The van der Waals surface area contributed by atoms with Crippen LogP contribution in [-0.4, -0.2) is 12.6 Å². The predicted molar refractivity (Wildman–Crippen MR) is 73.7 cm³/mol. The van der Waals surface area contributed by atoms with Gasteiger partial charge >= 0.3 is 5.97 Å². The molecule has 2 nitrogen and oxygen atoms in total. The number of allylic oxidation sites excluding steroid dienone is 3. The first kappa shape index (κ1) is 13.7. The summed E-state index contributed by atoms with van der Waals surface area (Å²) >= 11 is 3.44. The summed E-state index contributed by atoms with van der Waals surface area (Å²) in [5.74, 6) is -0.324. The minimum Gasteiger partial charge on any atom is -0.463 e. The van der Waals surface area contributed by atoms with Gasteiger partial charge in [0.05, 0.1) is 6.61 Å². The van der Waals surface area contributed by atoms with Gasteiger partial charge in [-0.3, -0.25) is 0 Å². The Balaban J connectivity index is 2.91. The first-order valence-electron chi connectivity index (χ1n) is 5.41. The van der Waals surface area contributed by atoms with Gasteiger partial charge < -0.3 is 4.74 Å². The molecular weight excluding hydrogens is 280 g/mol. The lowest BCUT2D eigenvalue weighted by atomic mass is 10.1. The molecule has 0 saturated heterocycles.